The number of rotatable bonds is 0. The molecule has 0 fully saturated rings. The highest BCUT2D eigenvalue weighted by Crippen LogP contribution is 2.28. The van der Waals surface area contributed by atoms with Crippen molar-refractivity contribution < 1.29 is 29.4 Å². The van der Waals surface area contributed by atoms with Gasteiger partial charge in [0, 0.05) is 12.1 Å². The summed E-state index contributed by atoms with van der Waals surface area (Å²) >= 11 is 1.72. The Bertz CT molecular complexity index is 669. The van der Waals surface area contributed by atoms with E-state index in [0.29, 0.717) is 0 Å². The maximum Gasteiger partial charge on any atom is 0.198 e. The lowest BCUT2D eigenvalue weighted by molar-refractivity contribution is -0.172. The average molecular weight is 596 g/mol. The molecule has 1 heterocycles. The van der Waals surface area contributed by atoms with Crippen molar-refractivity contribution in [3.05, 3.63) is 47.8 Å². The lowest BCUT2D eigenvalue weighted by Gasteiger charge is -2.03. The normalized spacial score (nSPS) is 9.11. The second kappa shape index (κ2) is 7.90. The lowest BCUT2D eigenvalue weighted by atomic mass is 10.2. The average Bonchev–Trinajstić information content (AvgIpc) is 2.26. The van der Waals surface area contributed by atoms with Crippen LogP contribution in [0, 0.1) is 0 Å². The quantitative estimate of drug-likeness (QED) is 0.271. The van der Waals surface area contributed by atoms with Crippen LogP contribution >= 0.6 is 59.3 Å². The van der Waals surface area contributed by atoms with Crippen molar-refractivity contribution in [1.29, 1.82) is 0 Å². The standard InChI is InChI=1S/C12H8N2S.3HI/c13-8-5-6-10-12(7-8)15-11-4-2-1-3-9(11)14-10;;;/h1-7,13H;3*1H. The number of benzene rings is 2. The van der Waals surface area contributed by atoms with Crippen molar-refractivity contribution in [1.82, 2.24) is 4.98 Å². The van der Waals surface area contributed by atoms with Gasteiger partial charge in [0.05, 0.1) is 20.8 Å². The molecule has 0 aromatic heterocycles. The highest BCUT2D eigenvalue weighted by molar-refractivity contribution is 14.0. The fourth-order valence-electron chi connectivity index (χ4n) is 1.59. The van der Waals surface area contributed by atoms with Crippen molar-refractivity contribution in [2.24, 2.45) is 0 Å². The van der Waals surface area contributed by atoms with Gasteiger partial charge in [-0.1, -0.05) is 12.1 Å². The van der Waals surface area contributed by atoms with E-state index < -0.39 is 0 Å². The second-order valence-corrected chi connectivity index (χ2v) is 4.49. The van der Waals surface area contributed by atoms with Crippen LogP contribution in [-0.4, -0.2) is 4.98 Å². The van der Waals surface area contributed by atoms with E-state index in [2.05, 4.69) is 11.1 Å². The Morgan fingerprint density at radius 1 is 1.00 bits per heavy atom. The molecule has 1 aromatic carbocycles. The van der Waals surface area contributed by atoms with Gasteiger partial charge in [-0.15, -0.1) is 59.3 Å². The zero-order valence-corrected chi connectivity index (χ0v) is 16.8. The minimum Gasteiger partial charge on any atom is -1.00 e. The molecular weight excluding hydrogens is 585 g/mol. The first-order valence-electron chi connectivity index (χ1n) is 4.71. The van der Waals surface area contributed by atoms with E-state index in [1.807, 2.05) is 36.4 Å². The molecule has 1 aliphatic carbocycles. The van der Waals surface area contributed by atoms with Gasteiger partial charge in [0.2, 0.25) is 0 Å². The number of hydrogen-bond acceptors (Lipinski definition) is 2. The molecule has 0 unspecified atom stereocenters. The molecule has 2 aliphatic rings. The van der Waals surface area contributed by atoms with Crippen molar-refractivity contribution in [2.75, 3.05) is 0 Å². The van der Waals surface area contributed by atoms with Crippen LogP contribution in [-0.2, 0) is 0 Å². The van der Waals surface area contributed by atoms with Crippen LogP contribution in [0.25, 0.3) is 20.8 Å². The van der Waals surface area contributed by atoms with Crippen LogP contribution in [0.5, 0.6) is 0 Å². The third-order valence-electron chi connectivity index (χ3n) is 2.31. The van der Waals surface area contributed by atoms with Crippen LogP contribution in [0.3, 0.4) is 0 Å². The SMILES string of the molecule is I.I.[I-].[NH2+]=c1ccc2nc3ccccc3sc-2c1. The summed E-state index contributed by atoms with van der Waals surface area (Å²) in [4.78, 5) is 5.71. The number of aromatic nitrogens is 1. The number of para-hydroxylation sites is 1. The Hall–Kier alpha value is 0.450. The zero-order chi connectivity index (χ0) is 10.3. The van der Waals surface area contributed by atoms with E-state index in [0.717, 1.165) is 21.4 Å². The molecule has 1 aromatic rings. The molecule has 6 heteroatoms. The highest BCUT2D eigenvalue weighted by Gasteiger charge is 2.06. The monoisotopic (exact) mass is 596 g/mol. The molecule has 0 amide bonds. The van der Waals surface area contributed by atoms with Gasteiger partial charge >= 0.3 is 0 Å². The van der Waals surface area contributed by atoms with Crippen molar-refractivity contribution >= 4 is 69.5 Å². The first-order valence-corrected chi connectivity index (χ1v) is 5.53. The molecule has 0 saturated carbocycles. The Balaban J connectivity index is 0.000000963. The highest BCUT2D eigenvalue weighted by atomic mass is 127. The summed E-state index contributed by atoms with van der Waals surface area (Å²) in [5, 5.41) is 6.53. The summed E-state index contributed by atoms with van der Waals surface area (Å²) < 4.78 is 1.19. The van der Waals surface area contributed by atoms with Crippen LogP contribution in [0.15, 0.2) is 42.5 Å². The van der Waals surface area contributed by atoms with E-state index in [1.165, 1.54) is 4.70 Å². The minimum atomic E-state index is 0. The largest absolute Gasteiger partial charge is 1.00 e. The van der Waals surface area contributed by atoms with Crippen LogP contribution in [0.1, 0.15) is 0 Å². The number of hydrogen-bond donors (Lipinski definition) is 1. The van der Waals surface area contributed by atoms with E-state index in [9.17, 15) is 0 Å². The summed E-state index contributed by atoms with van der Waals surface area (Å²) in [6, 6.07) is 14.0. The number of nitrogens with two attached hydrogens (primary N) is 1. The first-order chi connectivity index (χ1) is 7.33. The Morgan fingerprint density at radius 2 is 1.72 bits per heavy atom. The Morgan fingerprint density at radius 3 is 2.50 bits per heavy atom. The molecule has 0 spiro atoms. The molecule has 2 N–H and O–H groups in total. The summed E-state index contributed by atoms with van der Waals surface area (Å²) in [5.41, 5.74) is 2.05. The van der Waals surface area contributed by atoms with Crippen LogP contribution in [0.2, 0.25) is 0 Å². The molecule has 0 saturated heterocycles. The molecule has 0 bridgehead atoms. The van der Waals surface area contributed by atoms with Crippen molar-refractivity contribution in [2.45, 2.75) is 0 Å². The molecule has 3 rings (SSSR count). The number of fused-ring (bicyclic) bond motifs is 2. The van der Waals surface area contributed by atoms with E-state index >= 15 is 0 Å². The van der Waals surface area contributed by atoms with Crippen LogP contribution in [0.4, 0.5) is 0 Å². The topological polar surface area (TPSA) is 38.5 Å². The summed E-state index contributed by atoms with van der Waals surface area (Å²) in [6.45, 7) is 0. The Kier molecular flexibility index (Phi) is 8.10. The first kappa shape index (κ1) is 18.4. The number of halogens is 3. The smallest absolute Gasteiger partial charge is 0.198 e. The van der Waals surface area contributed by atoms with Gasteiger partial charge < -0.3 is 24.0 Å². The lowest BCUT2D eigenvalue weighted by Crippen LogP contribution is -3.00. The molecule has 96 valence electrons. The molecule has 2 nitrogen and oxygen atoms in total. The van der Waals surface area contributed by atoms with Crippen molar-refractivity contribution in [3.63, 3.8) is 0 Å². The van der Waals surface area contributed by atoms with Gasteiger partial charge in [-0.3, -0.25) is 5.41 Å². The third kappa shape index (κ3) is 3.73. The second-order valence-electron chi connectivity index (χ2n) is 3.41. The van der Waals surface area contributed by atoms with E-state index in [1.54, 1.807) is 11.3 Å². The summed E-state index contributed by atoms with van der Waals surface area (Å²) in [6.07, 6.45) is 0. The van der Waals surface area contributed by atoms with Gasteiger partial charge in [-0.2, -0.15) is 0 Å². The fraction of sp³-hybridized carbons (Fsp3) is 0. The van der Waals surface area contributed by atoms with E-state index in [4.69, 9.17) is 5.41 Å². The maximum absolute atomic E-state index is 5.75. The van der Waals surface area contributed by atoms with Gasteiger partial charge in [0.25, 0.3) is 0 Å². The molecular formula is C12H11I3N2S. The minimum absolute atomic E-state index is 0. The summed E-state index contributed by atoms with van der Waals surface area (Å²) in [7, 11) is 0. The molecule has 0 radical (unpaired) electrons. The molecule has 18 heavy (non-hydrogen) atoms. The molecule has 1 aliphatic heterocycles. The maximum atomic E-state index is 5.75. The zero-order valence-electron chi connectivity index (χ0n) is 9.17. The number of nitrogens with zero attached hydrogens (tertiary/aromatic N) is 1. The van der Waals surface area contributed by atoms with Crippen molar-refractivity contribution in [3.8, 4) is 10.6 Å². The van der Waals surface area contributed by atoms with E-state index in [-0.39, 0.29) is 71.9 Å². The predicted octanol–water partition coefficient (Wildman–Crippen LogP) is -0.699. The summed E-state index contributed by atoms with van der Waals surface area (Å²) in [5.74, 6) is 0. The fourth-order valence-corrected chi connectivity index (χ4v) is 2.60. The molecule has 0 atom stereocenters. The van der Waals surface area contributed by atoms with Crippen LogP contribution < -0.4 is 34.7 Å². The van der Waals surface area contributed by atoms with Gasteiger partial charge in [0.15, 0.2) is 5.36 Å². The van der Waals surface area contributed by atoms with Gasteiger partial charge in [-0.05, 0) is 18.2 Å². The predicted molar refractivity (Wildman–Crippen MR) is 92.1 cm³/mol. The Labute approximate surface area is 160 Å². The van der Waals surface area contributed by atoms with Gasteiger partial charge in [0.1, 0.15) is 0 Å². The van der Waals surface area contributed by atoms with Gasteiger partial charge in [-0.25, -0.2) is 4.98 Å². The third-order valence-corrected chi connectivity index (χ3v) is 3.42.